The van der Waals surface area contributed by atoms with Crippen LogP contribution < -0.4 is 11.5 Å². The number of benzene rings is 3. The van der Waals surface area contributed by atoms with E-state index in [-0.39, 0.29) is 27.9 Å². The van der Waals surface area contributed by atoms with Gasteiger partial charge in [-0.2, -0.15) is 0 Å². The van der Waals surface area contributed by atoms with Gasteiger partial charge in [0.15, 0.2) is 5.84 Å². The second-order valence-electron chi connectivity index (χ2n) is 16.0. The fourth-order valence-electron chi connectivity index (χ4n) is 7.20. The highest BCUT2D eigenvalue weighted by atomic mass is 16.6. The number of nitrogens with one attached hydrogen (secondary N) is 1. The topological polar surface area (TPSA) is 130 Å². The normalized spacial score (nSPS) is 12.4. The molecule has 0 bridgehead atoms. The van der Waals surface area contributed by atoms with Crippen LogP contribution in [0.4, 0.5) is 0 Å². The van der Waals surface area contributed by atoms with Crippen molar-refractivity contribution in [1.82, 2.24) is 0 Å². The van der Waals surface area contributed by atoms with Crippen LogP contribution in [0.5, 0.6) is 0 Å². The molecule has 0 aliphatic heterocycles. The second-order valence-corrected chi connectivity index (χ2v) is 16.0. The summed E-state index contributed by atoms with van der Waals surface area (Å²) in [6.45, 7) is 34.5. The van der Waals surface area contributed by atoms with Crippen molar-refractivity contribution in [1.29, 1.82) is 5.41 Å². The molecule has 0 spiro atoms. The van der Waals surface area contributed by atoms with Gasteiger partial charge in [-0.3, -0.25) is 5.41 Å². The van der Waals surface area contributed by atoms with E-state index in [2.05, 4.69) is 126 Å². The van der Waals surface area contributed by atoms with Crippen molar-refractivity contribution in [3.8, 4) is 0 Å². The summed E-state index contributed by atoms with van der Waals surface area (Å²) in [5.74, 6) is 0.299. The SMILES string of the molecule is CO/N=C(\C)c1cc(C)c(C(C)(C)C)c(C)c1.Cc1cc(/C(N)=N/O)cc(C)c1C(C)(C)C.Cc1cc(C(=N)N)cc(C)c1C(C)(C)C. The smallest absolute Gasteiger partial charge is 0.170 e. The fraction of sp³-hybridized carbons (Fsp3) is 0.488. The summed E-state index contributed by atoms with van der Waals surface area (Å²) in [5.41, 5.74) is 26.7. The molecule has 0 unspecified atom stereocenters. The molecule has 7 heteroatoms. The zero-order valence-electron chi connectivity index (χ0n) is 32.9. The maximum atomic E-state index is 8.66. The number of nitrogen functional groups attached to an aromatic ring is 1. The number of rotatable bonds is 4. The molecule has 0 aromatic heterocycles. The number of aryl methyl sites for hydroxylation is 6. The maximum absolute atomic E-state index is 8.66. The standard InChI is InChI=1S/C15H23NO.C13H20N2O.C13H20N2/c1-10-8-13(12(3)16-17-7)9-11(2)14(10)15(4,5)6;1-8-6-10(12(14)15-16)7-9(2)11(8)13(3,4)5;1-8-6-10(12(14)15)7-9(2)11(8)13(3,4)5/h8-9H,1-7H3;6-7,16H,1-5H3,(H2,14,15);6-7H,1-5H3,(H3,14,15)/b16-12+;;. The second kappa shape index (κ2) is 16.3. The van der Waals surface area contributed by atoms with E-state index in [0.29, 0.717) is 0 Å². The average molecular weight is 658 g/mol. The Labute approximate surface area is 291 Å². The van der Waals surface area contributed by atoms with Crippen molar-refractivity contribution in [2.75, 3.05) is 7.11 Å². The predicted octanol–water partition coefficient (Wildman–Crippen LogP) is 9.55. The zero-order chi connectivity index (χ0) is 37.5. The molecule has 0 saturated heterocycles. The molecule has 3 aromatic carbocycles. The first-order chi connectivity index (χ1) is 21.8. The number of nitrogens with two attached hydrogens (primary N) is 2. The molecule has 264 valence electrons. The van der Waals surface area contributed by atoms with E-state index in [9.17, 15) is 0 Å². The van der Waals surface area contributed by atoms with Gasteiger partial charge in [-0.25, -0.2) is 0 Å². The summed E-state index contributed by atoms with van der Waals surface area (Å²) in [5, 5.41) is 23.1. The van der Waals surface area contributed by atoms with Crippen LogP contribution >= 0.6 is 0 Å². The minimum absolute atomic E-state index is 0.109. The Hall–Kier alpha value is -4.13. The van der Waals surface area contributed by atoms with Gasteiger partial charge in [0.25, 0.3) is 0 Å². The first-order valence-corrected chi connectivity index (χ1v) is 16.5. The maximum Gasteiger partial charge on any atom is 0.170 e. The third kappa shape index (κ3) is 11.2. The van der Waals surface area contributed by atoms with Gasteiger partial charge in [-0.1, -0.05) is 72.6 Å². The fourth-order valence-corrected chi connectivity index (χ4v) is 7.20. The number of hydrogen-bond donors (Lipinski definition) is 4. The average Bonchev–Trinajstić information content (AvgIpc) is 2.89. The number of hydrogen-bond acceptors (Lipinski definition) is 5. The Balaban J connectivity index is 0.000000361. The molecule has 0 fully saturated rings. The van der Waals surface area contributed by atoms with Crippen LogP contribution in [0.25, 0.3) is 0 Å². The number of oxime groups is 2. The molecule has 0 aliphatic carbocycles. The van der Waals surface area contributed by atoms with Crippen LogP contribution in [0, 0.1) is 47.0 Å². The Morgan fingerprint density at radius 2 is 0.854 bits per heavy atom. The van der Waals surface area contributed by atoms with E-state index in [1.165, 1.54) is 50.1 Å². The third-order valence-corrected chi connectivity index (χ3v) is 8.21. The molecule has 48 heavy (non-hydrogen) atoms. The molecule has 0 heterocycles. The van der Waals surface area contributed by atoms with Crippen molar-refractivity contribution >= 4 is 17.4 Å². The van der Waals surface area contributed by atoms with E-state index in [1.807, 2.05) is 31.2 Å². The summed E-state index contributed by atoms with van der Waals surface area (Å²) < 4.78 is 0. The van der Waals surface area contributed by atoms with Crippen molar-refractivity contribution in [3.05, 3.63) is 103 Å². The monoisotopic (exact) mass is 657 g/mol. The Kier molecular flexibility index (Phi) is 14.2. The van der Waals surface area contributed by atoms with Crippen LogP contribution in [0.3, 0.4) is 0 Å². The van der Waals surface area contributed by atoms with Gasteiger partial charge in [0, 0.05) is 11.1 Å². The first-order valence-electron chi connectivity index (χ1n) is 16.5. The van der Waals surface area contributed by atoms with Crippen LogP contribution in [0.15, 0.2) is 46.7 Å². The molecule has 0 aliphatic rings. The third-order valence-electron chi connectivity index (χ3n) is 8.21. The minimum Gasteiger partial charge on any atom is -0.409 e. The van der Waals surface area contributed by atoms with E-state index in [4.69, 9.17) is 26.9 Å². The molecule has 0 radical (unpaired) electrons. The van der Waals surface area contributed by atoms with Gasteiger partial charge >= 0.3 is 0 Å². The highest BCUT2D eigenvalue weighted by molar-refractivity contribution is 5.99. The van der Waals surface area contributed by atoms with E-state index >= 15 is 0 Å². The predicted molar refractivity (Wildman–Crippen MR) is 207 cm³/mol. The molecule has 0 atom stereocenters. The molecule has 3 aromatic rings. The van der Waals surface area contributed by atoms with Gasteiger partial charge < -0.3 is 21.5 Å². The highest BCUT2D eigenvalue weighted by Crippen LogP contribution is 2.32. The summed E-state index contributed by atoms with van der Waals surface area (Å²) >= 11 is 0. The van der Waals surface area contributed by atoms with Gasteiger partial charge in [0.2, 0.25) is 0 Å². The Morgan fingerprint density at radius 3 is 1.08 bits per heavy atom. The van der Waals surface area contributed by atoms with E-state index in [1.54, 1.807) is 7.11 Å². The van der Waals surface area contributed by atoms with Crippen molar-refractivity contribution < 1.29 is 10.0 Å². The summed E-state index contributed by atoms with van der Waals surface area (Å²) in [4.78, 5) is 4.82. The Bertz CT molecular complexity index is 1590. The number of amidine groups is 2. The van der Waals surface area contributed by atoms with Crippen LogP contribution in [-0.4, -0.2) is 29.7 Å². The van der Waals surface area contributed by atoms with Crippen molar-refractivity contribution in [3.63, 3.8) is 0 Å². The minimum atomic E-state index is 0.109. The first kappa shape index (κ1) is 41.9. The Morgan fingerprint density at radius 1 is 0.583 bits per heavy atom. The quantitative estimate of drug-likeness (QED) is 0.0963. The largest absolute Gasteiger partial charge is 0.409 e. The van der Waals surface area contributed by atoms with Crippen LogP contribution in [-0.2, 0) is 21.1 Å². The van der Waals surface area contributed by atoms with E-state index < -0.39 is 0 Å². The lowest BCUT2D eigenvalue weighted by Gasteiger charge is -2.25. The van der Waals surface area contributed by atoms with Crippen LogP contribution in [0.2, 0.25) is 0 Å². The highest BCUT2D eigenvalue weighted by Gasteiger charge is 2.21. The lowest BCUT2D eigenvalue weighted by Crippen LogP contribution is -2.18. The van der Waals surface area contributed by atoms with E-state index in [0.717, 1.165) is 22.4 Å². The molecular weight excluding hydrogens is 594 g/mol. The molecule has 3 rings (SSSR count). The van der Waals surface area contributed by atoms with Crippen LogP contribution in [0.1, 0.15) is 136 Å². The molecule has 0 amide bonds. The molecule has 6 N–H and O–H groups in total. The van der Waals surface area contributed by atoms with Gasteiger partial charge in [0.05, 0.1) is 5.71 Å². The van der Waals surface area contributed by atoms with Crippen molar-refractivity contribution in [2.24, 2.45) is 21.8 Å². The lowest BCUT2D eigenvalue weighted by atomic mass is 9.80. The molecular formula is C41H63N5O2. The summed E-state index contributed by atoms with van der Waals surface area (Å²) in [6, 6.07) is 12.3. The zero-order valence-corrected chi connectivity index (χ0v) is 32.9. The van der Waals surface area contributed by atoms with Gasteiger partial charge in [-0.15, -0.1) is 0 Å². The summed E-state index contributed by atoms with van der Waals surface area (Å²) in [6.07, 6.45) is 0. The molecule has 0 saturated carbocycles. The van der Waals surface area contributed by atoms with Gasteiger partial charge in [0.1, 0.15) is 12.9 Å². The number of nitrogens with zero attached hydrogens (tertiary/aromatic N) is 2. The summed E-state index contributed by atoms with van der Waals surface area (Å²) in [7, 11) is 1.58. The molecule has 7 nitrogen and oxygen atoms in total. The van der Waals surface area contributed by atoms with Crippen molar-refractivity contribution in [2.45, 2.75) is 127 Å². The van der Waals surface area contributed by atoms with Gasteiger partial charge in [-0.05, 0) is 157 Å². The lowest BCUT2D eigenvalue weighted by molar-refractivity contribution is 0.213.